The molecule has 17 heavy (non-hydrogen) atoms. The maximum absolute atomic E-state index is 4.42. The van der Waals surface area contributed by atoms with Gasteiger partial charge >= 0.3 is 0 Å². The molecule has 1 aromatic rings. The number of nitrogens with one attached hydrogen (secondary N) is 1. The molecule has 2 heterocycles. The Morgan fingerprint density at radius 1 is 1.41 bits per heavy atom. The number of hydrogen-bond acceptors (Lipinski definition) is 4. The Kier molecular flexibility index (Phi) is 3.31. The molecule has 0 saturated heterocycles. The predicted molar refractivity (Wildman–Crippen MR) is 70.2 cm³/mol. The minimum Gasteiger partial charge on any atom is -0.355 e. The number of pyridine rings is 1. The first-order valence-electron chi connectivity index (χ1n) is 6.00. The van der Waals surface area contributed by atoms with Gasteiger partial charge in [-0.1, -0.05) is 19.9 Å². The molecule has 0 aromatic carbocycles. The van der Waals surface area contributed by atoms with Crippen LogP contribution < -0.4 is 5.32 Å². The fourth-order valence-electron chi connectivity index (χ4n) is 1.88. The summed E-state index contributed by atoms with van der Waals surface area (Å²) >= 11 is 0. The number of aliphatic imine (C=N–C) groups is 1. The zero-order chi connectivity index (χ0) is 12.3. The van der Waals surface area contributed by atoms with Crippen LogP contribution in [0, 0.1) is 0 Å². The zero-order valence-electron chi connectivity index (χ0n) is 10.8. The number of nitrogens with zero attached hydrogens (tertiary/aromatic N) is 3. The van der Waals surface area contributed by atoms with Crippen LogP contribution in [0.5, 0.6) is 0 Å². The predicted octanol–water partition coefficient (Wildman–Crippen LogP) is 1.25. The van der Waals surface area contributed by atoms with Gasteiger partial charge in [0.15, 0.2) is 5.96 Å². The Balaban J connectivity index is 1.98. The minimum atomic E-state index is 0.00715. The third-order valence-electron chi connectivity index (χ3n) is 3.11. The molecule has 0 aliphatic carbocycles. The molecule has 0 saturated carbocycles. The van der Waals surface area contributed by atoms with E-state index in [1.807, 2.05) is 18.3 Å². The Hall–Kier alpha value is -1.58. The van der Waals surface area contributed by atoms with Gasteiger partial charge in [-0.05, 0) is 12.1 Å². The van der Waals surface area contributed by atoms with E-state index >= 15 is 0 Å². The van der Waals surface area contributed by atoms with E-state index in [1.54, 1.807) is 0 Å². The summed E-state index contributed by atoms with van der Waals surface area (Å²) in [4.78, 5) is 11.0. The van der Waals surface area contributed by atoms with E-state index in [1.165, 1.54) is 0 Å². The molecule has 0 spiro atoms. The molecule has 4 nitrogen and oxygen atoms in total. The molecule has 2 rings (SSSR count). The molecule has 1 aliphatic heterocycles. The molecule has 1 N–H and O–H groups in total. The van der Waals surface area contributed by atoms with Crippen molar-refractivity contribution in [3.8, 4) is 0 Å². The van der Waals surface area contributed by atoms with Crippen molar-refractivity contribution in [3.63, 3.8) is 0 Å². The summed E-state index contributed by atoms with van der Waals surface area (Å²) in [5.41, 5.74) is 1.11. The standard InChI is InChI=1S/C13H20N4/c1-13(2,11-6-4-5-7-14-11)10-16-12-15-8-9-17(12)3/h4-7H,8-10H2,1-3H3,(H,15,16). The van der Waals surface area contributed by atoms with E-state index in [-0.39, 0.29) is 5.41 Å². The second-order valence-corrected chi connectivity index (χ2v) is 5.08. The number of likely N-dealkylation sites (N-methyl/N-ethyl adjacent to an activating group) is 1. The van der Waals surface area contributed by atoms with E-state index in [0.717, 1.165) is 31.3 Å². The molecular formula is C13H20N4. The van der Waals surface area contributed by atoms with Gasteiger partial charge in [-0.3, -0.25) is 9.98 Å². The Labute approximate surface area is 103 Å². The van der Waals surface area contributed by atoms with Crippen LogP contribution in [0.2, 0.25) is 0 Å². The van der Waals surface area contributed by atoms with Crippen LogP contribution in [-0.4, -0.2) is 42.5 Å². The van der Waals surface area contributed by atoms with Crippen molar-refractivity contribution in [2.75, 3.05) is 26.7 Å². The normalized spacial score (nSPS) is 15.9. The first kappa shape index (κ1) is 11.9. The summed E-state index contributed by atoms with van der Waals surface area (Å²) in [7, 11) is 2.06. The van der Waals surface area contributed by atoms with Crippen molar-refractivity contribution in [2.24, 2.45) is 4.99 Å². The maximum atomic E-state index is 4.42. The topological polar surface area (TPSA) is 40.5 Å². The lowest BCUT2D eigenvalue weighted by Crippen LogP contribution is -2.42. The lowest BCUT2D eigenvalue weighted by Gasteiger charge is -2.26. The smallest absolute Gasteiger partial charge is 0.193 e. The SMILES string of the molecule is CN1CCN=C1NCC(C)(C)c1ccccn1. The van der Waals surface area contributed by atoms with Gasteiger partial charge in [-0.2, -0.15) is 0 Å². The Morgan fingerprint density at radius 2 is 2.24 bits per heavy atom. The van der Waals surface area contributed by atoms with E-state index in [9.17, 15) is 0 Å². The summed E-state index contributed by atoms with van der Waals surface area (Å²) in [5, 5.41) is 3.41. The Morgan fingerprint density at radius 3 is 2.82 bits per heavy atom. The van der Waals surface area contributed by atoms with Crippen LogP contribution >= 0.6 is 0 Å². The van der Waals surface area contributed by atoms with Gasteiger partial charge in [-0.25, -0.2) is 0 Å². The zero-order valence-corrected chi connectivity index (χ0v) is 10.8. The second kappa shape index (κ2) is 4.73. The summed E-state index contributed by atoms with van der Waals surface area (Å²) in [6, 6.07) is 6.05. The molecular weight excluding hydrogens is 212 g/mol. The summed E-state index contributed by atoms with van der Waals surface area (Å²) in [6.07, 6.45) is 1.84. The average Bonchev–Trinajstić information content (AvgIpc) is 2.74. The molecule has 1 aromatic heterocycles. The highest BCUT2D eigenvalue weighted by atomic mass is 15.3. The van der Waals surface area contributed by atoms with Gasteiger partial charge in [0.2, 0.25) is 0 Å². The van der Waals surface area contributed by atoms with Gasteiger partial charge in [0.1, 0.15) is 0 Å². The average molecular weight is 232 g/mol. The molecule has 0 fully saturated rings. The number of hydrogen-bond donors (Lipinski definition) is 1. The molecule has 4 heteroatoms. The van der Waals surface area contributed by atoms with Crippen LogP contribution in [-0.2, 0) is 5.41 Å². The first-order valence-corrected chi connectivity index (χ1v) is 6.00. The molecule has 0 amide bonds. The van der Waals surface area contributed by atoms with Crippen molar-refractivity contribution >= 4 is 5.96 Å². The third-order valence-corrected chi connectivity index (χ3v) is 3.11. The van der Waals surface area contributed by atoms with Crippen LogP contribution in [0.1, 0.15) is 19.5 Å². The van der Waals surface area contributed by atoms with Crippen LogP contribution in [0.3, 0.4) is 0 Å². The second-order valence-electron chi connectivity index (χ2n) is 5.08. The number of guanidine groups is 1. The van der Waals surface area contributed by atoms with Gasteiger partial charge in [-0.15, -0.1) is 0 Å². The minimum absolute atomic E-state index is 0.00715. The molecule has 0 radical (unpaired) electrons. The highest BCUT2D eigenvalue weighted by Crippen LogP contribution is 2.19. The van der Waals surface area contributed by atoms with E-state index in [0.29, 0.717) is 0 Å². The highest BCUT2D eigenvalue weighted by Gasteiger charge is 2.23. The number of rotatable bonds is 3. The molecule has 0 bridgehead atoms. The summed E-state index contributed by atoms with van der Waals surface area (Å²) < 4.78 is 0. The van der Waals surface area contributed by atoms with E-state index in [4.69, 9.17) is 0 Å². The van der Waals surface area contributed by atoms with Crippen LogP contribution in [0.4, 0.5) is 0 Å². The maximum Gasteiger partial charge on any atom is 0.193 e. The van der Waals surface area contributed by atoms with E-state index in [2.05, 4.69) is 47.2 Å². The quantitative estimate of drug-likeness (QED) is 0.852. The van der Waals surface area contributed by atoms with Crippen LogP contribution in [0.25, 0.3) is 0 Å². The van der Waals surface area contributed by atoms with Gasteiger partial charge in [0.25, 0.3) is 0 Å². The van der Waals surface area contributed by atoms with Crippen molar-refractivity contribution in [2.45, 2.75) is 19.3 Å². The fourth-order valence-corrected chi connectivity index (χ4v) is 1.88. The first-order chi connectivity index (χ1) is 8.09. The van der Waals surface area contributed by atoms with Crippen molar-refractivity contribution < 1.29 is 0 Å². The number of aromatic nitrogens is 1. The lowest BCUT2D eigenvalue weighted by molar-refractivity contribution is 0.471. The van der Waals surface area contributed by atoms with Crippen molar-refractivity contribution in [1.29, 1.82) is 0 Å². The largest absolute Gasteiger partial charge is 0.355 e. The van der Waals surface area contributed by atoms with Crippen molar-refractivity contribution in [3.05, 3.63) is 30.1 Å². The molecule has 0 unspecified atom stereocenters. The fraction of sp³-hybridized carbons (Fsp3) is 0.538. The van der Waals surface area contributed by atoms with E-state index < -0.39 is 0 Å². The summed E-state index contributed by atoms with van der Waals surface area (Å²) in [6.45, 7) is 7.12. The third kappa shape index (κ3) is 2.75. The lowest BCUT2D eigenvalue weighted by atomic mass is 9.89. The van der Waals surface area contributed by atoms with Gasteiger partial charge in [0, 0.05) is 37.4 Å². The van der Waals surface area contributed by atoms with Crippen LogP contribution in [0.15, 0.2) is 29.4 Å². The van der Waals surface area contributed by atoms with Gasteiger partial charge < -0.3 is 10.2 Å². The molecule has 1 aliphatic rings. The Bertz CT molecular complexity index is 397. The molecule has 0 atom stereocenters. The molecule has 92 valence electrons. The highest BCUT2D eigenvalue weighted by molar-refractivity contribution is 5.81. The van der Waals surface area contributed by atoms with Gasteiger partial charge in [0.05, 0.1) is 6.54 Å². The summed E-state index contributed by atoms with van der Waals surface area (Å²) in [5.74, 6) is 0.994. The van der Waals surface area contributed by atoms with Crippen molar-refractivity contribution in [1.82, 2.24) is 15.2 Å². The monoisotopic (exact) mass is 232 g/mol.